The third-order valence-corrected chi connectivity index (χ3v) is 3.57. The standard InChI is InChI=1S/C17H27N3O2/c1-11(2)13-5-7-14(8-6-13)17(12(3)4)20-10-16(22)19-9-15(18)21/h5-8,11-12,17,20H,9-10H2,1-4H3,(H2,18,21)(H,19,22)/t17-/m1/s1. The van der Waals surface area contributed by atoms with Crippen molar-refractivity contribution in [1.29, 1.82) is 0 Å². The Morgan fingerprint density at radius 3 is 2.00 bits per heavy atom. The molecular formula is C17H27N3O2. The molecule has 1 atom stereocenters. The Labute approximate surface area is 132 Å². The van der Waals surface area contributed by atoms with Crippen molar-refractivity contribution in [3.05, 3.63) is 35.4 Å². The highest BCUT2D eigenvalue weighted by atomic mass is 16.2. The summed E-state index contributed by atoms with van der Waals surface area (Å²) in [5.41, 5.74) is 7.45. The lowest BCUT2D eigenvalue weighted by molar-refractivity contribution is -0.124. The molecule has 0 spiro atoms. The van der Waals surface area contributed by atoms with E-state index in [1.54, 1.807) is 0 Å². The van der Waals surface area contributed by atoms with Crippen LogP contribution in [0.3, 0.4) is 0 Å². The molecule has 1 aromatic carbocycles. The van der Waals surface area contributed by atoms with E-state index in [2.05, 4.69) is 62.6 Å². The van der Waals surface area contributed by atoms with Crippen molar-refractivity contribution in [1.82, 2.24) is 10.6 Å². The topological polar surface area (TPSA) is 84.2 Å². The predicted octanol–water partition coefficient (Wildman–Crippen LogP) is 1.70. The van der Waals surface area contributed by atoms with Crippen LogP contribution in [0.25, 0.3) is 0 Å². The van der Waals surface area contributed by atoms with Gasteiger partial charge in [0.05, 0.1) is 13.1 Å². The molecule has 0 aliphatic heterocycles. The first-order chi connectivity index (χ1) is 10.3. The van der Waals surface area contributed by atoms with Crippen molar-refractivity contribution < 1.29 is 9.59 Å². The summed E-state index contributed by atoms with van der Waals surface area (Å²) in [6.07, 6.45) is 0. The Morgan fingerprint density at radius 1 is 1.00 bits per heavy atom. The van der Waals surface area contributed by atoms with E-state index in [0.29, 0.717) is 11.8 Å². The first kappa shape index (κ1) is 18.2. The molecule has 0 bridgehead atoms. The zero-order chi connectivity index (χ0) is 16.7. The molecule has 1 rings (SSSR count). The number of rotatable bonds is 8. The average molecular weight is 305 g/mol. The molecule has 2 amide bonds. The number of hydrogen-bond donors (Lipinski definition) is 3. The van der Waals surface area contributed by atoms with Crippen molar-refractivity contribution in [3.8, 4) is 0 Å². The summed E-state index contributed by atoms with van der Waals surface area (Å²) in [5, 5.41) is 5.72. The number of benzene rings is 1. The monoisotopic (exact) mass is 305 g/mol. The van der Waals surface area contributed by atoms with E-state index in [4.69, 9.17) is 5.73 Å². The van der Waals surface area contributed by atoms with Crippen molar-refractivity contribution in [2.75, 3.05) is 13.1 Å². The lowest BCUT2D eigenvalue weighted by Gasteiger charge is -2.23. The minimum atomic E-state index is -0.543. The summed E-state index contributed by atoms with van der Waals surface area (Å²) in [6, 6.07) is 8.55. The first-order valence-electron chi connectivity index (χ1n) is 7.69. The molecule has 0 saturated carbocycles. The predicted molar refractivity (Wildman–Crippen MR) is 88.3 cm³/mol. The van der Waals surface area contributed by atoms with Gasteiger partial charge in [-0.2, -0.15) is 0 Å². The second-order valence-electron chi connectivity index (χ2n) is 6.17. The molecule has 0 heterocycles. The number of carbonyl (C=O) groups excluding carboxylic acids is 2. The van der Waals surface area contributed by atoms with Gasteiger partial charge >= 0.3 is 0 Å². The molecule has 0 aliphatic carbocycles. The maximum Gasteiger partial charge on any atom is 0.236 e. The van der Waals surface area contributed by atoms with E-state index in [9.17, 15) is 9.59 Å². The van der Waals surface area contributed by atoms with Gasteiger partial charge in [0.2, 0.25) is 11.8 Å². The maximum atomic E-state index is 11.7. The molecule has 0 radical (unpaired) electrons. The van der Waals surface area contributed by atoms with Crippen molar-refractivity contribution in [3.63, 3.8) is 0 Å². The van der Waals surface area contributed by atoms with Gasteiger partial charge < -0.3 is 16.4 Å². The Balaban J connectivity index is 2.65. The molecule has 22 heavy (non-hydrogen) atoms. The molecule has 0 fully saturated rings. The smallest absolute Gasteiger partial charge is 0.236 e. The minimum absolute atomic E-state index is 0.0838. The minimum Gasteiger partial charge on any atom is -0.368 e. The fourth-order valence-corrected chi connectivity index (χ4v) is 2.28. The quantitative estimate of drug-likeness (QED) is 0.683. The van der Waals surface area contributed by atoms with Crippen LogP contribution < -0.4 is 16.4 Å². The molecule has 0 saturated heterocycles. The molecule has 0 unspecified atom stereocenters. The van der Waals surface area contributed by atoms with E-state index in [1.807, 2.05) is 0 Å². The largest absolute Gasteiger partial charge is 0.368 e. The number of carbonyl (C=O) groups is 2. The Morgan fingerprint density at radius 2 is 1.55 bits per heavy atom. The highest BCUT2D eigenvalue weighted by Crippen LogP contribution is 2.23. The molecule has 4 N–H and O–H groups in total. The highest BCUT2D eigenvalue weighted by Gasteiger charge is 2.16. The SMILES string of the molecule is CC(C)c1ccc([C@H](NCC(=O)NCC(N)=O)C(C)C)cc1. The molecule has 0 aromatic heterocycles. The van der Waals surface area contributed by atoms with Gasteiger partial charge in [0.25, 0.3) is 0 Å². The fraction of sp³-hybridized carbons (Fsp3) is 0.529. The Kier molecular flexibility index (Phi) is 7.05. The molecular weight excluding hydrogens is 278 g/mol. The van der Waals surface area contributed by atoms with Crippen molar-refractivity contribution >= 4 is 11.8 Å². The van der Waals surface area contributed by atoms with Gasteiger partial charge in [-0.1, -0.05) is 52.0 Å². The maximum absolute atomic E-state index is 11.7. The molecule has 0 aliphatic rings. The number of amides is 2. The van der Waals surface area contributed by atoms with Gasteiger partial charge in [-0.3, -0.25) is 9.59 Å². The highest BCUT2D eigenvalue weighted by molar-refractivity contribution is 5.84. The Bertz CT molecular complexity index is 495. The molecule has 1 aromatic rings. The van der Waals surface area contributed by atoms with Gasteiger partial charge in [-0.25, -0.2) is 0 Å². The van der Waals surface area contributed by atoms with Crippen LogP contribution in [0.5, 0.6) is 0 Å². The Hall–Kier alpha value is -1.88. The van der Waals surface area contributed by atoms with Gasteiger partial charge in [0.15, 0.2) is 0 Å². The van der Waals surface area contributed by atoms with Gasteiger partial charge in [0, 0.05) is 6.04 Å². The van der Waals surface area contributed by atoms with E-state index in [1.165, 1.54) is 5.56 Å². The lowest BCUT2D eigenvalue weighted by Crippen LogP contribution is -2.40. The summed E-state index contributed by atoms with van der Waals surface area (Å²) in [5.74, 6) is 0.0641. The summed E-state index contributed by atoms with van der Waals surface area (Å²) in [7, 11) is 0. The zero-order valence-corrected chi connectivity index (χ0v) is 13.8. The van der Waals surface area contributed by atoms with Crippen LogP contribution in [0.4, 0.5) is 0 Å². The number of nitrogens with two attached hydrogens (primary N) is 1. The lowest BCUT2D eigenvalue weighted by atomic mass is 9.93. The number of nitrogens with one attached hydrogen (secondary N) is 2. The second-order valence-corrected chi connectivity index (χ2v) is 6.17. The van der Waals surface area contributed by atoms with Crippen LogP contribution >= 0.6 is 0 Å². The van der Waals surface area contributed by atoms with E-state index < -0.39 is 5.91 Å². The van der Waals surface area contributed by atoms with Crippen LogP contribution in [-0.4, -0.2) is 24.9 Å². The molecule has 122 valence electrons. The normalized spacial score (nSPS) is 12.5. The van der Waals surface area contributed by atoms with Gasteiger partial charge in [-0.05, 0) is 23.0 Å². The number of hydrogen-bond acceptors (Lipinski definition) is 3. The van der Waals surface area contributed by atoms with E-state index in [0.717, 1.165) is 5.56 Å². The fourth-order valence-electron chi connectivity index (χ4n) is 2.28. The van der Waals surface area contributed by atoms with Crippen LogP contribution in [0.1, 0.15) is 50.8 Å². The summed E-state index contributed by atoms with van der Waals surface area (Å²) in [4.78, 5) is 22.3. The molecule has 5 heteroatoms. The van der Waals surface area contributed by atoms with E-state index in [-0.39, 0.29) is 25.0 Å². The van der Waals surface area contributed by atoms with Crippen LogP contribution in [0.2, 0.25) is 0 Å². The summed E-state index contributed by atoms with van der Waals surface area (Å²) >= 11 is 0. The molecule has 5 nitrogen and oxygen atoms in total. The van der Waals surface area contributed by atoms with Crippen LogP contribution in [0.15, 0.2) is 24.3 Å². The summed E-state index contributed by atoms with van der Waals surface area (Å²) in [6.45, 7) is 8.56. The van der Waals surface area contributed by atoms with Crippen molar-refractivity contribution in [2.24, 2.45) is 11.7 Å². The van der Waals surface area contributed by atoms with Crippen LogP contribution in [-0.2, 0) is 9.59 Å². The average Bonchev–Trinajstić information content (AvgIpc) is 2.45. The van der Waals surface area contributed by atoms with Gasteiger partial charge in [0.1, 0.15) is 0 Å². The second kappa shape index (κ2) is 8.54. The first-order valence-corrected chi connectivity index (χ1v) is 7.69. The summed E-state index contributed by atoms with van der Waals surface area (Å²) < 4.78 is 0. The third-order valence-electron chi connectivity index (χ3n) is 3.57. The van der Waals surface area contributed by atoms with Crippen LogP contribution in [0, 0.1) is 5.92 Å². The number of primary amides is 1. The third kappa shape index (κ3) is 5.85. The van der Waals surface area contributed by atoms with Crippen molar-refractivity contribution in [2.45, 2.75) is 39.7 Å². The zero-order valence-electron chi connectivity index (χ0n) is 13.8. The van der Waals surface area contributed by atoms with E-state index >= 15 is 0 Å². The van der Waals surface area contributed by atoms with Gasteiger partial charge in [-0.15, -0.1) is 0 Å².